The monoisotopic (exact) mass is 357 g/mol. The first-order chi connectivity index (χ1) is 12.6. The lowest BCUT2D eigenvalue weighted by atomic mass is 9.88. The molecule has 2 aromatic rings. The van der Waals surface area contributed by atoms with Gasteiger partial charge in [0.2, 0.25) is 18.6 Å². The average Bonchev–Trinajstić information content (AvgIpc) is 3.23. The van der Waals surface area contributed by atoms with Crippen LogP contribution in [0.15, 0.2) is 30.5 Å². The summed E-state index contributed by atoms with van der Waals surface area (Å²) in [5, 5.41) is 16.6. The molecule has 0 spiro atoms. The highest BCUT2D eigenvalue weighted by atomic mass is 16.7. The number of primary amides is 1. The Labute approximate surface area is 149 Å². The molecule has 0 fully saturated rings. The smallest absolute Gasteiger partial charge is 0.231 e. The standard InChI is InChI=1S/C17H19N5O4/c1-9-14(16(18)24)15(10-4-5-11-12(7-10)26-8-25-11)22-17(19-9)20-13(21-22)3-2-6-23/h4-5,7,14-15,23H,1-3,6,8H2,(H2,18,24)(H,19,20,21)/t14-,15+/m1/s1. The summed E-state index contributed by atoms with van der Waals surface area (Å²) in [6.45, 7) is 4.16. The van der Waals surface area contributed by atoms with Gasteiger partial charge in [-0.2, -0.15) is 10.1 Å². The average molecular weight is 357 g/mol. The Balaban J connectivity index is 1.80. The molecule has 0 bridgehead atoms. The lowest BCUT2D eigenvalue weighted by molar-refractivity contribution is -0.121. The Kier molecular flexibility index (Phi) is 4.00. The normalized spacial score (nSPS) is 20.6. The number of fused-ring (bicyclic) bond motifs is 2. The minimum Gasteiger partial charge on any atom is -0.454 e. The van der Waals surface area contributed by atoms with E-state index >= 15 is 0 Å². The molecule has 1 aromatic carbocycles. The van der Waals surface area contributed by atoms with Crippen molar-refractivity contribution < 1.29 is 19.4 Å². The Bertz CT molecular complexity index is 878. The molecule has 2 aliphatic rings. The van der Waals surface area contributed by atoms with Crippen LogP contribution in [0.2, 0.25) is 0 Å². The molecule has 1 aromatic heterocycles. The van der Waals surface area contributed by atoms with Gasteiger partial charge in [0.1, 0.15) is 5.92 Å². The summed E-state index contributed by atoms with van der Waals surface area (Å²) in [7, 11) is 0. The largest absolute Gasteiger partial charge is 0.454 e. The molecular weight excluding hydrogens is 338 g/mol. The van der Waals surface area contributed by atoms with Gasteiger partial charge < -0.3 is 25.6 Å². The van der Waals surface area contributed by atoms with Crippen LogP contribution in [0.3, 0.4) is 0 Å². The van der Waals surface area contributed by atoms with E-state index in [4.69, 9.17) is 20.3 Å². The van der Waals surface area contributed by atoms with Crippen molar-refractivity contribution in [2.75, 3.05) is 18.7 Å². The van der Waals surface area contributed by atoms with Crippen LogP contribution in [0.1, 0.15) is 23.9 Å². The number of hydrogen-bond donors (Lipinski definition) is 3. The fourth-order valence-corrected chi connectivity index (χ4v) is 3.30. The second-order valence-electron chi connectivity index (χ2n) is 6.21. The van der Waals surface area contributed by atoms with E-state index in [0.29, 0.717) is 41.8 Å². The van der Waals surface area contributed by atoms with Gasteiger partial charge in [0.25, 0.3) is 0 Å². The molecule has 0 radical (unpaired) electrons. The highest BCUT2D eigenvalue weighted by molar-refractivity contribution is 5.82. The zero-order valence-corrected chi connectivity index (χ0v) is 14.0. The predicted molar refractivity (Wildman–Crippen MR) is 91.6 cm³/mol. The number of rotatable bonds is 5. The topological polar surface area (TPSA) is 125 Å². The zero-order chi connectivity index (χ0) is 18.3. The Morgan fingerprint density at radius 3 is 3.00 bits per heavy atom. The minimum atomic E-state index is -0.699. The van der Waals surface area contributed by atoms with Crippen molar-refractivity contribution >= 4 is 11.9 Å². The van der Waals surface area contributed by atoms with E-state index in [1.807, 2.05) is 12.1 Å². The van der Waals surface area contributed by atoms with Crippen LogP contribution in [-0.4, -0.2) is 39.2 Å². The molecule has 0 saturated carbocycles. The van der Waals surface area contributed by atoms with Crippen LogP contribution in [0.5, 0.6) is 11.5 Å². The maximum Gasteiger partial charge on any atom is 0.231 e. The maximum absolute atomic E-state index is 12.1. The summed E-state index contributed by atoms with van der Waals surface area (Å²) in [4.78, 5) is 16.6. The van der Waals surface area contributed by atoms with Gasteiger partial charge >= 0.3 is 0 Å². The molecule has 9 nitrogen and oxygen atoms in total. The van der Waals surface area contributed by atoms with E-state index in [9.17, 15) is 4.79 Å². The lowest BCUT2D eigenvalue weighted by Crippen LogP contribution is -2.40. The van der Waals surface area contributed by atoms with Gasteiger partial charge in [-0.3, -0.25) is 4.79 Å². The minimum absolute atomic E-state index is 0.0551. The van der Waals surface area contributed by atoms with Crippen LogP contribution in [0, 0.1) is 5.92 Å². The fourth-order valence-electron chi connectivity index (χ4n) is 3.30. The first kappa shape index (κ1) is 16.4. The number of hydrogen-bond acceptors (Lipinski definition) is 7. The molecule has 136 valence electrons. The number of benzene rings is 1. The van der Waals surface area contributed by atoms with Crippen LogP contribution >= 0.6 is 0 Å². The number of anilines is 1. The first-order valence-electron chi connectivity index (χ1n) is 8.29. The number of aliphatic hydroxyl groups excluding tert-OH is 1. The molecule has 0 unspecified atom stereocenters. The number of nitrogens with one attached hydrogen (secondary N) is 1. The summed E-state index contributed by atoms with van der Waals surface area (Å²) >= 11 is 0. The maximum atomic E-state index is 12.1. The quantitative estimate of drug-likeness (QED) is 0.714. The molecule has 3 heterocycles. The number of nitrogens with zero attached hydrogens (tertiary/aromatic N) is 3. The Morgan fingerprint density at radius 1 is 1.42 bits per heavy atom. The molecule has 4 N–H and O–H groups in total. The SMILES string of the molecule is C=C1Nc2nc(CCCO)nn2[C@@H](c2ccc3c(c2)OCO3)[C@@H]1C(N)=O. The molecule has 4 rings (SSSR count). The van der Waals surface area contributed by atoms with Crippen molar-refractivity contribution in [2.24, 2.45) is 11.7 Å². The highest BCUT2D eigenvalue weighted by Crippen LogP contribution is 2.41. The number of ether oxygens (including phenoxy) is 2. The van der Waals surface area contributed by atoms with Crippen molar-refractivity contribution in [3.63, 3.8) is 0 Å². The summed E-state index contributed by atoms with van der Waals surface area (Å²) in [6, 6.07) is 4.97. The second-order valence-corrected chi connectivity index (χ2v) is 6.21. The number of nitrogens with two attached hydrogens (primary N) is 1. The number of carbonyl (C=O) groups is 1. The third kappa shape index (κ3) is 2.66. The lowest BCUT2D eigenvalue weighted by Gasteiger charge is -2.32. The van der Waals surface area contributed by atoms with Crippen LogP contribution in [-0.2, 0) is 11.2 Å². The van der Waals surface area contributed by atoms with Gasteiger partial charge in [-0.25, -0.2) is 4.68 Å². The Morgan fingerprint density at radius 2 is 2.23 bits per heavy atom. The number of aliphatic hydroxyl groups is 1. The predicted octanol–water partition coefficient (Wildman–Crippen LogP) is 0.562. The number of aromatic nitrogens is 3. The van der Waals surface area contributed by atoms with E-state index in [-0.39, 0.29) is 13.4 Å². The highest BCUT2D eigenvalue weighted by Gasteiger charge is 2.39. The van der Waals surface area contributed by atoms with E-state index in [2.05, 4.69) is 22.0 Å². The molecule has 2 atom stereocenters. The molecule has 26 heavy (non-hydrogen) atoms. The third-order valence-corrected chi connectivity index (χ3v) is 4.51. The van der Waals surface area contributed by atoms with E-state index in [1.165, 1.54) is 0 Å². The van der Waals surface area contributed by atoms with Gasteiger partial charge in [0.05, 0.1) is 6.04 Å². The van der Waals surface area contributed by atoms with Crippen molar-refractivity contribution in [3.8, 4) is 11.5 Å². The van der Waals surface area contributed by atoms with Gasteiger partial charge in [-0.1, -0.05) is 12.6 Å². The van der Waals surface area contributed by atoms with Gasteiger partial charge in [-0.15, -0.1) is 0 Å². The summed E-state index contributed by atoms with van der Waals surface area (Å²) in [5.41, 5.74) is 6.91. The van der Waals surface area contributed by atoms with Gasteiger partial charge in [0.15, 0.2) is 17.3 Å². The summed E-state index contributed by atoms with van der Waals surface area (Å²) in [6.07, 6.45) is 1.08. The third-order valence-electron chi connectivity index (χ3n) is 4.51. The number of aryl methyl sites for hydroxylation is 1. The van der Waals surface area contributed by atoms with E-state index in [1.54, 1.807) is 10.7 Å². The van der Waals surface area contributed by atoms with Crippen molar-refractivity contribution in [2.45, 2.75) is 18.9 Å². The van der Waals surface area contributed by atoms with Crippen LogP contribution in [0.4, 0.5) is 5.95 Å². The molecule has 9 heteroatoms. The van der Waals surface area contributed by atoms with Gasteiger partial charge in [-0.05, 0) is 24.1 Å². The molecule has 0 saturated heterocycles. The number of carbonyl (C=O) groups excluding carboxylic acids is 1. The Hall–Kier alpha value is -3.07. The second kappa shape index (κ2) is 6.34. The summed E-state index contributed by atoms with van der Waals surface area (Å²) in [5.74, 6) is 1.11. The molecular formula is C17H19N5O4. The van der Waals surface area contributed by atoms with Crippen molar-refractivity contribution in [1.82, 2.24) is 14.8 Å². The van der Waals surface area contributed by atoms with E-state index < -0.39 is 17.9 Å². The summed E-state index contributed by atoms with van der Waals surface area (Å²) < 4.78 is 12.4. The van der Waals surface area contributed by atoms with E-state index in [0.717, 1.165) is 5.56 Å². The molecule has 1 amide bonds. The van der Waals surface area contributed by atoms with Crippen LogP contribution < -0.4 is 20.5 Å². The molecule has 0 aliphatic carbocycles. The first-order valence-corrected chi connectivity index (χ1v) is 8.29. The van der Waals surface area contributed by atoms with Crippen LogP contribution in [0.25, 0.3) is 0 Å². The molecule has 2 aliphatic heterocycles. The van der Waals surface area contributed by atoms with Gasteiger partial charge in [0, 0.05) is 18.7 Å². The van der Waals surface area contributed by atoms with Crippen molar-refractivity contribution in [3.05, 3.63) is 41.9 Å². The fraction of sp³-hybridized carbons (Fsp3) is 0.353. The number of amides is 1. The zero-order valence-electron chi connectivity index (χ0n) is 14.0. The van der Waals surface area contributed by atoms with Crippen molar-refractivity contribution in [1.29, 1.82) is 0 Å².